The maximum atomic E-state index is 12.7. The number of aryl methyl sites for hydroxylation is 2. The van der Waals surface area contributed by atoms with Crippen LogP contribution in [-0.2, 0) is 14.8 Å². The fraction of sp³-hybridized carbons (Fsp3) is 0.381. The van der Waals surface area contributed by atoms with Crippen LogP contribution in [0.3, 0.4) is 0 Å². The molecule has 0 aliphatic carbocycles. The third-order valence-electron chi connectivity index (χ3n) is 4.58. The molecule has 0 aliphatic rings. The van der Waals surface area contributed by atoms with Gasteiger partial charge in [-0.25, -0.2) is 8.42 Å². The Kier molecular flexibility index (Phi) is 7.07. The van der Waals surface area contributed by atoms with Crippen LogP contribution in [-0.4, -0.2) is 34.2 Å². The summed E-state index contributed by atoms with van der Waals surface area (Å²) in [5, 5.41) is 2.94. The van der Waals surface area contributed by atoms with Gasteiger partial charge in [0.05, 0.1) is 25.1 Å². The lowest BCUT2D eigenvalue weighted by Gasteiger charge is -2.25. The summed E-state index contributed by atoms with van der Waals surface area (Å²) in [4.78, 5) is 12.7. The molecule has 2 aromatic carbocycles. The molecule has 6 nitrogen and oxygen atoms in total. The van der Waals surface area contributed by atoms with Crippen LogP contribution in [0.15, 0.2) is 42.5 Å². The second-order valence-corrected chi connectivity index (χ2v) is 8.77. The highest BCUT2D eigenvalue weighted by atomic mass is 32.2. The summed E-state index contributed by atoms with van der Waals surface area (Å²) < 4.78 is 31.0. The number of hydrogen-bond acceptors (Lipinski definition) is 4. The first-order valence-corrected chi connectivity index (χ1v) is 11.0. The topological polar surface area (TPSA) is 75.7 Å². The molecule has 1 atom stereocenters. The molecule has 152 valence electrons. The number of benzene rings is 2. The molecule has 1 amide bonds. The third-order valence-corrected chi connectivity index (χ3v) is 5.71. The highest BCUT2D eigenvalue weighted by Gasteiger charge is 2.24. The van der Waals surface area contributed by atoms with Crippen molar-refractivity contribution < 1.29 is 17.9 Å². The first kappa shape index (κ1) is 21.8. The van der Waals surface area contributed by atoms with Gasteiger partial charge in [0.2, 0.25) is 15.9 Å². The van der Waals surface area contributed by atoms with Crippen molar-refractivity contribution in [2.45, 2.75) is 33.2 Å². The van der Waals surface area contributed by atoms with Crippen molar-refractivity contribution in [2.75, 3.05) is 24.2 Å². The van der Waals surface area contributed by atoms with Crippen LogP contribution in [0.2, 0.25) is 0 Å². The molecule has 0 spiro atoms. The molecule has 0 unspecified atom stereocenters. The van der Waals surface area contributed by atoms with Crippen LogP contribution in [0.4, 0.5) is 5.69 Å². The molecule has 0 saturated heterocycles. The van der Waals surface area contributed by atoms with Gasteiger partial charge in [-0.15, -0.1) is 0 Å². The number of carbonyl (C=O) groups is 1. The highest BCUT2D eigenvalue weighted by molar-refractivity contribution is 7.92. The minimum atomic E-state index is -3.61. The Morgan fingerprint density at radius 3 is 2.32 bits per heavy atom. The SMILES string of the molecule is CC[C@@H](NC(=O)CN(c1cc(C)ccc1C)S(C)(=O)=O)c1ccc(OC)cc1. The number of ether oxygens (including phenoxy) is 1. The lowest BCUT2D eigenvalue weighted by Crippen LogP contribution is -2.41. The Labute approximate surface area is 167 Å². The quantitative estimate of drug-likeness (QED) is 0.732. The molecule has 2 rings (SSSR count). The number of nitrogens with zero attached hydrogens (tertiary/aromatic N) is 1. The average molecular weight is 405 g/mol. The number of rotatable bonds is 8. The van der Waals surface area contributed by atoms with Crippen LogP contribution in [0.25, 0.3) is 0 Å². The van der Waals surface area contributed by atoms with E-state index in [9.17, 15) is 13.2 Å². The van der Waals surface area contributed by atoms with Gasteiger partial charge in [0.25, 0.3) is 0 Å². The summed E-state index contributed by atoms with van der Waals surface area (Å²) in [5.74, 6) is 0.386. The number of amides is 1. The van der Waals surface area contributed by atoms with Crippen molar-refractivity contribution in [1.82, 2.24) is 5.32 Å². The summed E-state index contributed by atoms with van der Waals surface area (Å²) in [7, 11) is -2.01. The highest BCUT2D eigenvalue weighted by Crippen LogP contribution is 2.24. The van der Waals surface area contributed by atoms with Crippen molar-refractivity contribution in [3.8, 4) is 5.75 Å². The molecule has 0 aromatic heterocycles. The Bertz CT molecular complexity index is 924. The number of hydrogen-bond donors (Lipinski definition) is 1. The number of methoxy groups -OCH3 is 1. The van der Waals surface area contributed by atoms with Crippen LogP contribution >= 0.6 is 0 Å². The van der Waals surface area contributed by atoms with Gasteiger partial charge in [0.15, 0.2) is 0 Å². The van der Waals surface area contributed by atoms with E-state index in [4.69, 9.17) is 4.74 Å². The standard InChI is InChI=1S/C21H28N2O4S/c1-6-19(17-9-11-18(27-4)12-10-17)22-21(24)14-23(28(5,25)26)20-13-15(2)7-8-16(20)3/h7-13,19H,6,14H2,1-5H3,(H,22,24)/t19-/m1/s1. The largest absolute Gasteiger partial charge is 0.497 e. The summed E-state index contributed by atoms with van der Waals surface area (Å²) >= 11 is 0. The predicted molar refractivity (Wildman–Crippen MR) is 112 cm³/mol. The molecule has 0 fully saturated rings. The van der Waals surface area contributed by atoms with Gasteiger partial charge in [0.1, 0.15) is 12.3 Å². The fourth-order valence-corrected chi connectivity index (χ4v) is 3.90. The molecule has 0 saturated carbocycles. The lowest BCUT2D eigenvalue weighted by atomic mass is 10.0. The van der Waals surface area contributed by atoms with Crippen LogP contribution in [0.1, 0.15) is 36.1 Å². The maximum Gasteiger partial charge on any atom is 0.241 e. The van der Waals surface area contributed by atoms with E-state index < -0.39 is 10.0 Å². The lowest BCUT2D eigenvalue weighted by molar-refractivity contribution is -0.120. The molecule has 7 heteroatoms. The number of nitrogens with one attached hydrogen (secondary N) is 1. The van der Waals surface area contributed by atoms with Crippen LogP contribution in [0.5, 0.6) is 5.75 Å². The van der Waals surface area contributed by atoms with E-state index in [1.54, 1.807) is 13.2 Å². The Morgan fingerprint density at radius 2 is 1.79 bits per heavy atom. The first-order valence-electron chi connectivity index (χ1n) is 9.14. The van der Waals surface area contributed by atoms with Crippen molar-refractivity contribution in [3.63, 3.8) is 0 Å². The molecular formula is C21H28N2O4S. The summed E-state index contributed by atoms with van der Waals surface area (Å²) in [6.45, 7) is 5.42. The smallest absolute Gasteiger partial charge is 0.241 e. The monoisotopic (exact) mass is 404 g/mol. The molecule has 1 N–H and O–H groups in total. The minimum absolute atomic E-state index is 0.210. The van der Waals surface area contributed by atoms with E-state index >= 15 is 0 Å². The fourth-order valence-electron chi connectivity index (χ4n) is 3.00. The second kappa shape index (κ2) is 9.10. The van der Waals surface area contributed by atoms with E-state index in [0.717, 1.165) is 33.0 Å². The molecule has 2 aromatic rings. The van der Waals surface area contributed by atoms with Crippen molar-refractivity contribution in [3.05, 3.63) is 59.2 Å². The van der Waals surface area contributed by atoms with Gasteiger partial charge in [-0.2, -0.15) is 0 Å². The van der Waals surface area contributed by atoms with Crippen molar-refractivity contribution in [1.29, 1.82) is 0 Å². The Morgan fingerprint density at radius 1 is 1.14 bits per heavy atom. The van der Waals surface area contributed by atoms with E-state index in [2.05, 4.69) is 5.32 Å². The molecule has 28 heavy (non-hydrogen) atoms. The van der Waals surface area contributed by atoms with Gasteiger partial charge < -0.3 is 10.1 Å². The molecule has 0 aliphatic heterocycles. The van der Waals surface area contributed by atoms with E-state index in [1.165, 1.54) is 0 Å². The molecule has 0 radical (unpaired) electrons. The summed E-state index contributed by atoms with van der Waals surface area (Å²) in [6.07, 6.45) is 1.79. The number of sulfonamides is 1. The van der Waals surface area contributed by atoms with Gasteiger partial charge >= 0.3 is 0 Å². The van der Waals surface area contributed by atoms with Crippen molar-refractivity contribution >= 4 is 21.6 Å². The Balaban J connectivity index is 2.22. The van der Waals surface area contributed by atoms with Crippen LogP contribution < -0.4 is 14.4 Å². The van der Waals surface area contributed by atoms with Crippen molar-refractivity contribution in [2.24, 2.45) is 0 Å². The zero-order valence-electron chi connectivity index (χ0n) is 17.0. The van der Waals surface area contributed by atoms with Gasteiger partial charge in [-0.3, -0.25) is 9.10 Å². The van der Waals surface area contributed by atoms with Crippen LogP contribution in [0, 0.1) is 13.8 Å². The zero-order chi connectivity index (χ0) is 20.9. The second-order valence-electron chi connectivity index (χ2n) is 6.86. The van der Waals surface area contributed by atoms with Gasteiger partial charge in [0, 0.05) is 0 Å². The molecule has 0 heterocycles. The third kappa shape index (κ3) is 5.48. The molecular weight excluding hydrogens is 376 g/mol. The van der Waals surface area contributed by atoms with E-state index in [-0.39, 0.29) is 18.5 Å². The minimum Gasteiger partial charge on any atom is -0.497 e. The van der Waals surface area contributed by atoms with Gasteiger partial charge in [-0.1, -0.05) is 31.2 Å². The summed E-state index contributed by atoms with van der Waals surface area (Å²) in [5.41, 5.74) is 3.19. The van der Waals surface area contributed by atoms with E-state index in [1.807, 2.05) is 57.2 Å². The maximum absolute atomic E-state index is 12.7. The zero-order valence-corrected chi connectivity index (χ0v) is 17.8. The average Bonchev–Trinajstić information content (AvgIpc) is 2.65. The normalized spacial score (nSPS) is 12.3. The number of anilines is 1. The molecule has 0 bridgehead atoms. The predicted octanol–water partition coefficient (Wildman–Crippen LogP) is 3.35. The van der Waals surface area contributed by atoms with E-state index in [0.29, 0.717) is 12.1 Å². The Hall–Kier alpha value is -2.54. The van der Waals surface area contributed by atoms with Gasteiger partial charge in [-0.05, 0) is 55.2 Å². The number of carbonyl (C=O) groups excluding carboxylic acids is 1. The first-order chi connectivity index (χ1) is 13.2. The summed E-state index contributed by atoms with van der Waals surface area (Å²) in [6, 6.07) is 12.8.